The minimum atomic E-state index is -1.000. The summed E-state index contributed by atoms with van der Waals surface area (Å²) in [6.07, 6.45) is 0.429. The van der Waals surface area contributed by atoms with Gasteiger partial charge in [0.2, 0.25) is 5.91 Å². The molecule has 0 rings (SSSR count). The van der Waals surface area contributed by atoms with Crippen LogP contribution in [0.15, 0.2) is 0 Å². The maximum atomic E-state index is 11.8. The molecule has 1 atom stereocenters. The molecule has 0 aliphatic carbocycles. The van der Waals surface area contributed by atoms with Gasteiger partial charge in [0, 0.05) is 5.88 Å². The minimum absolute atomic E-state index is 0.162. The first-order valence-electron chi connectivity index (χ1n) is 5.52. The molecule has 100 valence electrons. The lowest BCUT2D eigenvalue weighted by atomic mass is 9.94. The van der Waals surface area contributed by atoms with Gasteiger partial charge in [0.15, 0.2) is 0 Å². The van der Waals surface area contributed by atoms with Crippen molar-refractivity contribution in [3.05, 3.63) is 0 Å². The molecule has 0 radical (unpaired) electrons. The van der Waals surface area contributed by atoms with Crippen LogP contribution in [0.5, 0.6) is 0 Å². The summed E-state index contributed by atoms with van der Waals surface area (Å²) < 4.78 is 0. The van der Waals surface area contributed by atoms with Crippen molar-refractivity contribution in [3.8, 4) is 0 Å². The summed E-state index contributed by atoms with van der Waals surface area (Å²) in [6.45, 7) is 5.39. The van der Waals surface area contributed by atoms with Crippen molar-refractivity contribution >= 4 is 35.2 Å². The van der Waals surface area contributed by atoms with E-state index in [4.69, 9.17) is 16.7 Å². The number of alkyl halides is 1. The van der Waals surface area contributed by atoms with E-state index >= 15 is 0 Å². The lowest BCUT2D eigenvalue weighted by molar-refractivity contribution is -0.143. The van der Waals surface area contributed by atoms with Crippen molar-refractivity contribution in [1.82, 2.24) is 5.32 Å². The zero-order valence-electron chi connectivity index (χ0n) is 10.5. The normalized spacial score (nSPS) is 13.2. The molecule has 0 heterocycles. The van der Waals surface area contributed by atoms with E-state index in [1.54, 1.807) is 25.6 Å². The van der Waals surface area contributed by atoms with Gasteiger partial charge in [-0.05, 0) is 31.8 Å². The fourth-order valence-electron chi connectivity index (χ4n) is 1.02. The van der Waals surface area contributed by atoms with E-state index in [2.05, 4.69) is 5.32 Å². The van der Waals surface area contributed by atoms with E-state index in [-0.39, 0.29) is 11.8 Å². The Morgan fingerprint density at radius 3 is 2.47 bits per heavy atom. The molecule has 1 unspecified atom stereocenters. The molecule has 0 bridgehead atoms. The molecule has 17 heavy (non-hydrogen) atoms. The van der Waals surface area contributed by atoms with Gasteiger partial charge in [0.05, 0.1) is 5.41 Å². The second-order valence-corrected chi connectivity index (χ2v) is 6.03. The summed E-state index contributed by atoms with van der Waals surface area (Å²) >= 11 is 7.32. The van der Waals surface area contributed by atoms with Crippen molar-refractivity contribution in [2.75, 3.05) is 17.4 Å². The van der Waals surface area contributed by atoms with Crippen LogP contribution in [0, 0.1) is 5.41 Å². The summed E-state index contributed by atoms with van der Waals surface area (Å²) in [4.78, 5) is 22.8. The van der Waals surface area contributed by atoms with Gasteiger partial charge in [-0.3, -0.25) is 4.79 Å². The number of carbonyl (C=O) groups excluding carboxylic acids is 1. The molecule has 0 saturated carbocycles. The van der Waals surface area contributed by atoms with Gasteiger partial charge in [-0.2, -0.15) is 11.8 Å². The van der Waals surface area contributed by atoms with Crippen molar-refractivity contribution in [2.24, 2.45) is 5.41 Å². The van der Waals surface area contributed by atoms with Crippen LogP contribution in [0.4, 0.5) is 0 Å². The molecule has 0 aromatic heterocycles. The number of carbonyl (C=O) groups is 2. The van der Waals surface area contributed by atoms with Crippen LogP contribution in [-0.4, -0.2) is 40.4 Å². The van der Waals surface area contributed by atoms with Gasteiger partial charge in [0.25, 0.3) is 0 Å². The lowest BCUT2D eigenvalue weighted by Crippen LogP contribution is -2.47. The average Bonchev–Trinajstić information content (AvgIpc) is 2.27. The maximum absolute atomic E-state index is 11.8. The SMILES string of the molecule is CCSCCC(NC(=O)C(C)(C)CCl)C(=O)O. The Morgan fingerprint density at radius 2 is 2.06 bits per heavy atom. The molecule has 0 aliphatic heterocycles. The average molecular weight is 282 g/mol. The molecule has 6 heteroatoms. The second kappa shape index (κ2) is 7.82. The van der Waals surface area contributed by atoms with Crippen molar-refractivity contribution in [1.29, 1.82) is 0 Å². The van der Waals surface area contributed by atoms with Crippen LogP contribution in [-0.2, 0) is 9.59 Å². The standard InChI is InChI=1S/C11H20ClNO3S/c1-4-17-6-5-8(9(14)15)13-10(16)11(2,3)7-12/h8H,4-7H2,1-3H3,(H,13,16)(H,14,15). The quantitative estimate of drug-likeness (QED) is 0.527. The molecule has 1 amide bonds. The number of carboxylic acid groups (broad SMARTS) is 1. The maximum Gasteiger partial charge on any atom is 0.326 e. The highest BCUT2D eigenvalue weighted by Crippen LogP contribution is 2.17. The Balaban J connectivity index is 4.35. The fraction of sp³-hybridized carbons (Fsp3) is 0.818. The molecule has 0 spiro atoms. The van der Waals surface area contributed by atoms with Crippen molar-refractivity contribution < 1.29 is 14.7 Å². The number of rotatable bonds is 8. The predicted octanol–water partition coefficient (Wildman–Crippen LogP) is 1.96. The first-order valence-corrected chi connectivity index (χ1v) is 7.21. The number of carboxylic acids is 1. The third kappa shape index (κ3) is 6.17. The van der Waals surface area contributed by atoms with E-state index in [0.29, 0.717) is 6.42 Å². The van der Waals surface area contributed by atoms with Crippen molar-refractivity contribution in [3.63, 3.8) is 0 Å². The first kappa shape index (κ1) is 16.6. The zero-order valence-corrected chi connectivity index (χ0v) is 12.0. The number of halogens is 1. The Kier molecular flexibility index (Phi) is 7.63. The monoisotopic (exact) mass is 281 g/mol. The lowest BCUT2D eigenvalue weighted by Gasteiger charge is -2.23. The molecule has 4 nitrogen and oxygen atoms in total. The summed E-state index contributed by atoms with van der Waals surface area (Å²) in [5.74, 6) is 0.499. The summed E-state index contributed by atoms with van der Waals surface area (Å²) in [6, 6.07) is -0.830. The number of thioether (sulfide) groups is 1. The second-order valence-electron chi connectivity index (χ2n) is 4.37. The third-order valence-corrected chi connectivity index (χ3v) is 3.91. The Labute approximate surface area is 111 Å². The Hall–Kier alpha value is -0.420. The molecule has 0 aromatic carbocycles. The number of amides is 1. The van der Waals surface area contributed by atoms with Gasteiger partial charge in [-0.15, -0.1) is 11.6 Å². The first-order chi connectivity index (χ1) is 7.85. The fourth-order valence-corrected chi connectivity index (χ4v) is 1.83. The van der Waals surface area contributed by atoms with E-state index in [0.717, 1.165) is 11.5 Å². The van der Waals surface area contributed by atoms with Crippen LogP contribution in [0.25, 0.3) is 0 Å². The number of hydrogen-bond acceptors (Lipinski definition) is 3. The highest BCUT2D eigenvalue weighted by Gasteiger charge is 2.30. The molecule has 0 aliphatic rings. The predicted molar refractivity (Wildman–Crippen MR) is 71.7 cm³/mol. The van der Waals surface area contributed by atoms with Gasteiger partial charge < -0.3 is 10.4 Å². The van der Waals surface area contributed by atoms with Crippen LogP contribution in [0.3, 0.4) is 0 Å². The third-order valence-electron chi connectivity index (χ3n) is 2.31. The number of aliphatic carboxylic acids is 1. The van der Waals surface area contributed by atoms with Crippen molar-refractivity contribution in [2.45, 2.75) is 33.2 Å². The van der Waals surface area contributed by atoms with E-state index in [1.165, 1.54) is 0 Å². The Bertz CT molecular complexity index is 271. The van der Waals surface area contributed by atoms with Crippen LogP contribution < -0.4 is 5.32 Å². The molecule has 2 N–H and O–H groups in total. The topological polar surface area (TPSA) is 66.4 Å². The molecule has 0 saturated heterocycles. The number of hydrogen-bond donors (Lipinski definition) is 2. The summed E-state index contributed by atoms with van der Waals surface area (Å²) in [5, 5.41) is 11.5. The molecule has 0 fully saturated rings. The zero-order chi connectivity index (χ0) is 13.5. The van der Waals surface area contributed by atoms with E-state index in [9.17, 15) is 9.59 Å². The highest BCUT2D eigenvalue weighted by molar-refractivity contribution is 7.99. The Morgan fingerprint density at radius 1 is 1.47 bits per heavy atom. The van der Waals surface area contributed by atoms with Crippen LogP contribution in [0.1, 0.15) is 27.2 Å². The highest BCUT2D eigenvalue weighted by atomic mass is 35.5. The minimum Gasteiger partial charge on any atom is -0.480 e. The van der Waals surface area contributed by atoms with Crippen LogP contribution in [0.2, 0.25) is 0 Å². The molecular formula is C11H20ClNO3S. The van der Waals surface area contributed by atoms with Gasteiger partial charge in [-0.25, -0.2) is 4.79 Å². The van der Waals surface area contributed by atoms with Crippen LogP contribution >= 0.6 is 23.4 Å². The largest absolute Gasteiger partial charge is 0.480 e. The summed E-state index contributed by atoms with van der Waals surface area (Å²) in [5.41, 5.74) is -0.743. The van der Waals surface area contributed by atoms with Gasteiger partial charge in [0.1, 0.15) is 6.04 Å². The van der Waals surface area contributed by atoms with E-state index in [1.807, 2.05) is 6.92 Å². The molecule has 0 aromatic rings. The van der Waals surface area contributed by atoms with Gasteiger partial charge >= 0.3 is 5.97 Å². The summed E-state index contributed by atoms with van der Waals surface area (Å²) in [7, 11) is 0. The number of nitrogens with one attached hydrogen (secondary N) is 1. The smallest absolute Gasteiger partial charge is 0.326 e. The molecular weight excluding hydrogens is 262 g/mol. The van der Waals surface area contributed by atoms with E-state index < -0.39 is 17.4 Å². The van der Waals surface area contributed by atoms with Gasteiger partial charge in [-0.1, -0.05) is 6.92 Å².